The van der Waals surface area contributed by atoms with Crippen molar-refractivity contribution in [3.05, 3.63) is 0 Å². The van der Waals surface area contributed by atoms with Crippen molar-refractivity contribution in [3.8, 4) is 0 Å². The molecule has 10 heavy (non-hydrogen) atoms. The van der Waals surface area contributed by atoms with Crippen molar-refractivity contribution >= 4 is 8.07 Å². The van der Waals surface area contributed by atoms with E-state index in [0.717, 1.165) is 0 Å². The molecule has 1 unspecified atom stereocenters. The Balaban J connectivity index is 4.23. The third-order valence-corrected chi connectivity index (χ3v) is 3.91. The maximum atomic E-state index is 13.5. The summed E-state index contributed by atoms with van der Waals surface area (Å²) >= 11 is 0. The number of rotatable bonds is 1. The van der Waals surface area contributed by atoms with Crippen LogP contribution in [-0.4, -0.2) is 13.9 Å². The maximum absolute atomic E-state index is 13.5. The molecule has 0 spiro atoms. The van der Waals surface area contributed by atoms with Gasteiger partial charge in [0.2, 0.25) is 0 Å². The van der Waals surface area contributed by atoms with Crippen LogP contribution in [0.25, 0.3) is 0 Å². The molecule has 0 radical (unpaired) electrons. The number of alkyl halides is 1. The smallest absolute Gasteiger partial charge is 0.0940 e. The first-order chi connectivity index (χ1) is 4.15. The monoisotopic (exact) mass is 162 g/mol. The predicted molar refractivity (Wildman–Crippen MR) is 47.7 cm³/mol. The van der Waals surface area contributed by atoms with Gasteiger partial charge in [0.15, 0.2) is 0 Å². The second kappa shape index (κ2) is 2.65. The van der Waals surface area contributed by atoms with Gasteiger partial charge in [0.1, 0.15) is 0 Å². The summed E-state index contributed by atoms with van der Waals surface area (Å²) in [7, 11) is -1.56. The van der Waals surface area contributed by atoms with E-state index < -0.39 is 13.9 Å². The lowest BCUT2D eigenvalue weighted by atomic mass is 9.99. The first kappa shape index (κ1) is 10.1. The van der Waals surface area contributed by atoms with Crippen molar-refractivity contribution in [1.82, 2.24) is 0 Å². The topological polar surface area (TPSA) is 0 Å². The molecule has 0 saturated heterocycles. The van der Waals surface area contributed by atoms with E-state index in [0.29, 0.717) is 0 Å². The largest absolute Gasteiger partial charge is 0.251 e. The van der Waals surface area contributed by atoms with Gasteiger partial charge < -0.3 is 0 Å². The lowest BCUT2D eigenvalue weighted by Crippen LogP contribution is -2.43. The van der Waals surface area contributed by atoms with Gasteiger partial charge in [0.25, 0.3) is 0 Å². The van der Waals surface area contributed by atoms with Crippen LogP contribution in [0.15, 0.2) is 0 Å². The highest BCUT2D eigenvalue weighted by Crippen LogP contribution is 2.29. The Kier molecular flexibility index (Phi) is 2.68. The minimum atomic E-state index is -1.56. The molecule has 0 N–H and O–H groups in total. The van der Waals surface area contributed by atoms with Crippen LogP contribution in [0, 0.1) is 5.41 Å². The fourth-order valence-electron chi connectivity index (χ4n) is 1.30. The van der Waals surface area contributed by atoms with Crippen molar-refractivity contribution in [2.24, 2.45) is 5.41 Å². The third-order valence-electron chi connectivity index (χ3n) is 1.52. The van der Waals surface area contributed by atoms with Gasteiger partial charge in [-0.05, 0) is 5.41 Å². The summed E-state index contributed by atoms with van der Waals surface area (Å²) in [5.74, 6) is -0.597. The molecule has 0 aromatic carbocycles. The zero-order valence-corrected chi connectivity index (χ0v) is 8.96. The molecule has 0 saturated carbocycles. The lowest BCUT2D eigenvalue weighted by molar-refractivity contribution is 0.230. The molecule has 0 heterocycles. The molecule has 0 amide bonds. The molecule has 1 atom stereocenters. The van der Waals surface area contributed by atoms with Crippen LogP contribution in [0.1, 0.15) is 20.8 Å². The van der Waals surface area contributed by atoms with Crippen molar-refractivity contribution < 1.29 is 4.39 Å². The van der Waals surface area contributed by atoms with Crippen molar-refractivity contribution in [1.29, 1.82) is 0 Å². The SMILES string of the molecule is CC(C)(C)C(F)[Si](C)(C)C. The van der Waals surface area contributed by atoms with E-state index in [1.54, 1.807) is 0 Å². The van der Waals surface area contributed by atoms with E-state index in [9.17, 15) is 4.39 Å². The van der Waals surface area contributed by atoms with Gasteiger partial charge >= 0.3 is 0 Å². The molecule has 0 aliphatic heterocycles. The number of hydrogen-bond donors (Lipinski definition) is 0. The van der Waals surface area contributed by atoms with Gasteiger partial charge in [-0.1, -0.05) is 40.4 Å². The van der Waals surface area contributed by atoms with E-state index in [2.05, 4.69) is 19.6 Å². The Labute approximate surface area is 64.8 Å². The molecular formula is C8H19FSi. The van der Waals surface area contributed by atoms with Gasteiger partial charge in [-0.25, -0.2) is 0 Å². The normalized spacial score (nSPS) is 17.1. The van der Waals surface area contributed by atoms with Crippen LogP contribution in [0.3, 0.4) is 0 Å². The molecular weight excluding hydrogens is 143 g/mol. The predicted octanol–water partition coefficient (Wildman–Crippen LogP) is 3.25. The summed E-state index contributed by atoms with van der Waals surface area (Å²) in [6.45, 7) is 12.1. The van der Waals surface area contributed by atoms with E-state index in [-0.39, 0.29) is 5.41 Å². The Morgan fingerprint density at radius 3 is 1.40 bits per heavy atom. The van der Waals surface area contributed by atoms with Gasteiger partial charge in [-0.2, -0.15) is 0 Å². The van der Waals surface area contributed by atoms with E-state index >= 15 is 0 Å². The maximum Gasteiger partial charge on any atom is 0.0940 e. The zero-order chi connectivity index (χ0) is 8.58. The van der Waals surface area contributed by atoms with Gasteiger partial charge in [0, 0.05) is 0 Å². The highest BCUT2D eigenvalue weighted by Gasteiger charge is 2.36. The minimum absolute atomic E-state index is 0.162. The molecule has 0 nitrogen and oxygen atoms in total. The summed E-state index contributed by atoms with van der Waals surface area (Å²) in [6.07, 6.45) is 0. The van der Waals surface area contributed by atoms with Gasteiger partial charge in [-0.15, -0.1) is 0 Å². The van der Waals surface area contributed by atoms with Crippen LogP contribution >= 0.6 is 0 Å². The highest BCUT2D eigenvalue weighted by atomic mass is 28.3. The second-order valence-corrected chi connectivity index (χ2v) is 10.3. The van der Waals surface area contributed by atoms with E-state index in [1.807, 2.05) is 20.8 Å². The summed E-state index contributed by atoms with van der Waals surface area (Å²) in [5, 5.41) is 0. The van der Waals surface area contributed by atoms with Crippen LogP contribution in [0.4, 0.5) is 4.39 Å². The molecule has 0 aliphatic carbocycles. The molecule has 0 fully saturated rings. The average Bonchev–Trinajstić information content (AvgIpc) is 1.59. The van der Waals surface area contributed by atoms with E-state index in [4.69, 9.17) is 0 Å². The van der Waals surface area contributed by atoms with Gasteiger partial charge in [0.05, 0.1) is 13.9 Å². The summed E-state index contributed by atoms with van der Waals surface area (Å²) in [6, 6.07) is 0. The average molecular weight is 162 g/mol. The molecule has 0 rings (SSSR count). The van der Waals surface area contributed by atoms with Crippen molar-refractivity contribution in [2.45, 2.75) is 46.2 Å². The first-order valence-corrected chi connectivity index (χ1v) is 7.37. The molecule has 0 aliphatic rings. The zero-order valence-electron chi connectivity index (χ0n) is 7.96. The summed E-state index contributed by atoms with van der Waals surface area (Å²) in [4.78, 5) is 0. The number of halogens is 1. The van der Waals surface area contributed by atoms with E-state index in [1.165, 1.54) is 0 Å². The molecule has 0 aromatic rings. The number of hydrogen-bond acceptors (Lipinski definition) is 0. The quantitative estimate of drug-likeness (QED) is 0.519. The van der Waals surface area contributed by atoms with Crippen molar-refractivity contribution in [2.75, 3.05) is 0 Å². The highest BCUT2D eigenvalue weighted by molar-refractivity contribution is 6.77. The van der Waals surface area contributed by atoms with Crippen LogP contribution < -0.4 is 0 Å². The first-order valence-electron chi connectivity index (χ1n) is 3.80. The molecule has 0 bridgehead atoms. The Morgan fingerprint density at radius 1 is 1.10 bits per heavy atom. The fraction of sp³-hybridized carbons (Fsp3) is 1.00. The molecule has 62 valence electrons. The van der Waals surface area contributed by atoms with Crippen molar-refractivity contribution in [3.63, 3.8) is 0 Å². The second-order valence-electron chi connectivity index (χ2n) is 5.09. The lowest BCUT2D eigenvalue weighted by Gasteiger charge is -2.32. The Morgan fingerprint density at radius 2 is 1.40 bits per heavy atom. The standard InChI is InChI=1S/C8H19FSi/c1-8(2,3)7(9)10(4,5)6/h7H,1-6H3. The van der Waals surface area contributed by atoms with Crippen LogP contribution in [0.2, 0.25) is 19.6 Å². The Bertz CT molecular complexity index is 93.4. The molecule has 2 heteroatoms. The van der Waals surface area contributed by atoms with Crippen LogP contribution in [-0.2, 0) is 0 Å². The third kappa shape index (κ3) is 2.82. The minimum Gasteiger partial charge on any atom is -0.251 e. The summed E-state index contributed by atoms with van der Waals surface area (Å²) in [5.41, 5.74) is -0.162. The molecule has 0 aromatic heterocycles. The van der Waals surface area contributed by atoms with Gasteiger partial charge in [-0.3, -0.25) is 4.39 Å². The Hall–Kier alpha value is 0.147. The summed E-state index contributed by atoms with van der Waals surface area (Å²) < 4.78 is 13.5. The fourth-order valence-corrected chi connectivity index (χ4v) is 3.90. The van der Waals surface area contributed by atoms with Crippen LogP contribution in [0.5, 0.6) is 0 Å².